The van der Waals surface area contributed by atoms with Crippen molar-refractivity contribution >= 4 is 23.1 Å². The van der Waals surface area contributed by atoms with Crippen LogP contribution in [0.5, 0.6) is 0 Å². The van der Waals surface area contributed by atoms with E-state index in [1.807, 2.05) is 23.1 Å². The van der Waals surface area contributed by atoms with Gasteiger partial charge in [0.1, 0.15) is 5.82 Å². The number of aromatic nitrogens is 2. The summed E-state index contributed by atoms with van der Waals surface area (Å²) in [7, 11) is 0. The van der Waals surface area contributed by atoms with Crippen LogP contribution in [0.25, 0.3) is 0 Å². The molecule has 138 valence electrons. The van der Waals surface area contributed by atoms with Crippen molar-refractivity contribution in [1.29, 1.82) is 0 Å². The molecule has 0 saturated carbocycles. The number of alkyl halides is 3. The molecular formula is C20H17F3N4. The van der Waals surface area contributed by atoms with E-state index in [2.05, 4.69) is 21.4 Å². The highest BCUT2D eigenvalue weighted by Gasteiger charge is 2.33. The molecule has 1 N–H and O–H groups in total. The molecule has 0 atom stereocenters. The zero-order valence-electron chi connectivity index (χ0n) is 14.4. The number of fused-ring (bicyclic) bond motifs is 1. The molecule has 0 amide bonds. The zero-order valence-corrected chi connectivity index (χ0v) is 14.4. The van der Waals surface area contributed by atoms with E-state index in [0.29, 0.717) is 11.8 Å². The number of aryl methyl sites for hydroxylation is 1. The van der Waals surface area contributed by atoms with E-state index in [0.717, 1.165) is 31.1 Å². The van der Waals surface area contributed by atoms with Gasteiger partial charge in [-0.1, -0.05) is 30.3 Å². The number of hydrogen-bond donors (Lipinski definition) is 1. The summed E-state index contributed by atoms with van der Waals surface area (Å²) in [5, 5.41) is 2.78. The molecule has 3 aromatic rings. The summed E-state index contributed by atoms with van der Waals surface area (Å²) in [4.78, 5) is 10.8. The van der Waals surface area contributed by atoms with Crippen LogP contribution in [-0.4, -0.2) is 16.5 Å². The van der Waals surface area contributed by atoms with Gasteiger partial charge in [-0.3, -0.25) is 0 Å². The summed E-state index contributed by atoms with van der Waals surface area (Å²) in [6, 6.07) is 15.0. The molecule has 0 radical (unpaired) electrons. The molecule has 2 aromatic carbocycles. The summed E-state index contributed by atoms with van der Waals surface area (Å²) >= 11 is 0. The van der Waals surface area contributed by atoms with Crippen LogP contribution in [0, 0.1) is 0 Å². The second-order valence-corrected chi connectivity index (χ2v) is 6.29. The van der Waals surface area contributed by atoms with Crippen LogP contribution in [-0.2, 0) is 12.6 Å². The number of nitrogens with zero attached hydrogens (tertiary/aromatic N) is 3. The molecule has 0 fully saturated rings. The number of benzene rings is 2. The summed E-state index contributed by atoms with van der Waals surface area (Å²) in [6.45, 7) is 0.763. The minimum Gasteiger partial charge on any atom is -0.340 e. The molecule has 0 bridgehead atoms. The van der Waals surface area contributed by atoms with E-state index in [1.165, 1.54) is 17.7 Å². The second kappa shape index (κ2) is 6.90. The van der Waals surface area contributed by atoms with Crippen molar-refractivity contribution in [2.45, 2.75) is 19.0 Å². The van der Waals surface area contributed by atoms with Crippen LogP contribution in [0.2, 0.25) is 0 Å². The number of nitrogens with one attached hydrogen (secondary N) is 1. The van der Waals surface area contributed by atoms with E-state index in [1.54, 1.807) is 18.3 Å². The minimum absolute atomic E-state index is 0.0336. The topological polar surface area (TPSA) is 41.1 Å². The average molecular weight is 370 g/mol. The number of halogens is 3. The maximum absolute atomic E-state index is 13.2. The Balaban J connectivity index is 1.66. The van der Waals surface area contributed by atoms with Gasteiger partial charge in [-0.25, -0.2) is 4.98 Å². The molecule has 1 aliphatic rings. The average Bonchev–Trinajstić information content (AvgIpc) is 2.67. The van der Waals surface area contributed by atoms with Gasteiger partial charge in [-0.15, -0.1) is 0 Å². The van der Waals surface area contributed by atoms with Crippen molar-refractivity contribution in [2.24, 2.45) is 0 Å². The van der Waals surface area contributed by atoms with Crippen molar-refractivity contribution in [3.8, 4) is 0 Å². The Kier molecular flexibility index (Phi) is 4.43. The summed E-state index contributed by atoms with van der Waals surface area (Å²) in [5.74, 6) is 0.788. The standard InChI is InChI=1S/C20H17F3N4/c21-20(22,23)15-8-2-3-9-16(15)25-18-11-12-24-19(26-18)27-13-5-7-14-6-1-4-10-17(14)27/h1-4,6,8-12H,5,7,13H2,(H,24,25,26). The summed E-state index contributed by atoms with van der Waals surface area (Å²) in [6.07, 6.45) is -0.929. The number of hydrogen-bond acceptors (Lipinski definition) is 4. The molecule has 27 heavy (non-hydrogen) atoms. The van der Waals surface area contributed by atoms with Gasteiger partial charge in [0.25, 0.3) is 0 Å². The van der Waals surface area contributed by atoms with Crippen LogP contribution in [0.15, 0.2) is 60.8 Å². The predicted octanol–water partition coefficient (Wildman–Crippen LogP) is 5.32. The Morgan fingerprint density at radius 1 is 0.963 bits per heavy atom. The molecule has 1 aromatic heterocycles. The lowest BCUT2D eigenvalue weighted by Gasteiger charge is -2.29. The fraction of sp³-hybridized carbons (Fsp3) is 0.200. The van der Waals surface area contributed by atoms with E-state index in [-0.39, 0.29) is 5.69 Å². The fourth-order valence-electron chi connectivity index (χ4n) is 3.27. The van der Waals surface area contributed by atoms with Gasteiger partial charge >= 0.3 is 6.18 Å². The maximum atomic E-state index is 13.2. The minimum atomic E-state index is -4.44. The van der Waals surface area contributed by atoms with Gasteiger partial charge in [-0.2, -0.15) is 18.2 Å². The van der Waals surface area contributed by atoms with Crippen LogP contribution >= 0.6 is 0 Å². The monoisotopic (exact) mass is 370 g/mol. The predicted molar refractivity (Wildman–Crippen MR) is 98.5 cm³/mol. The lowest BCUT2D eigenvalue weighted by molar-refractivity contribution is -0.136. The Morgan fingerprint density at radius 2 is 1.74 bits per heavy atom. The first-order chi connectivity index (χ1) is 13.0. The number of rotatable bonds is 3. The number of para-hydroxylation sites is 2. The molecule has 2 heterocycles. The quantitative estimate of drug-likeness (QED) is 0.677. The fourth-order valence-corrected chi connectivity index (χ4v) is 3.27. The lowest BCUT2D eigenvalue weighted by Crippen LogP contribution is -2.26. The Bertz CT molecular complexity index is 956. The third-order valence-electron chi connectivity index (χ3n) is 4.49. The molecule has 7 heteroatoms. The maximum Gasteiger partial charge on any atom is 0.418 e. The van der Waals surface area contributed by atoms with E-state index in [9.17, 15) is 13.2 Å². The van der Waals surface area contributed by atoms with E-state index >= 15 is 0 Å². The van der Waals surface area contributed by atoms with Crippen LogP contribution < -0.4 is 10.2 Å². The number of anilines is 4. The van der Waals surface area contributed by atoms with E-state index in [4.69, 9.17) is 0 Å². The third kappa shape index (κ3) is 3.58. The molecule has 0 aliphatic carbocycles. The molecule has 4 nitrogen and oxygen atoms in total. The first kappa shape index (κ1) is 17.3. The first-order valence-corrected chi connectivity index (χ1v) is 8.64. The van der Waals surface area contributed by atoms with Crippen molar-refractivity contribution in [3.05, 3.63) is 71.9 Å². The van der Waals surface area contributed by atoms with Gasteiger partial charge in [-0.05, 0) is 42.7 Å². The van der Waals surface area contributed by atoms with Crippen molar-refractivity contribution in [3.63, 3.8) is 0 Å². The molecule has 0 saturated heterocycles. The van der Waals surface area contributed by atoms with Crippen molar-refractivity contribution in [2.75, 3.05) is 16.8 Å². The molecule has 0 unspecified atom stereocenters. The third-order valence-corrected chi connectivity index (χ3v) is 4.49. The second-order valence-electron chi connectivity index (χ2n) is 6.29. The SMILES string of the molecule is FC(F)(F)c1ccccc1Nc1ccnc(N2CCCc3ccccc32)n1. The molecule has 4 rings (SSSR count). The smallest absolute Gasteiger partial charge is 0.340 e. The largest absolute Gasteiger partial charge is 0.418 e. The van der Waals surface area contributed by atoms with E-state index < -0.39 is 11.7 Å². The zero-order chi connectivity index (χ0) is 18.9. The highest BCUT2D eigenvalue weighted by atomic mass is 19.4. The first-order valence-electron chi connectivity index (χ1n) is 8.64. The highest BCUT2D eigenvalue weighted by Crippen LogP contribution is 2.36. The van der Waals surface area contributed by atoms with Gasteiger partial charge in [0.15, 0.2) is 0 Å². The van der Waals surface area contributed by atoms with Gasteiger partial charge in [0.2, 0.25) is 5.95 Å². The van der Waals surface area contributed by atoms with Crippen LogP contribution in [0.1, 0.15) is 17.5 Å². The summed E-state index contributed by atoms with van der Waals surface area (Å²) in [5.41, 5.74) is 1.49. The molecule has 0 spiro atoms. The van der Waals surface area contributed by atoms with Crippen LogP contribution in [0.3, 0.4) is 0 Å². The normalized spacial score (nSPS) is 14.0. The van der Waals surface area contributed by atoms with Crippen LogP contribution in [0.4, 0.5) is 36.3 Å². The van der Waals surface area contributed by atoms with Crippen molar-refractivity contribution < 1.29 is 13.2 Å². The van der Waals surface area contributed by atoms with Crippen molar-refractivity contribution in [1.82, 2.24) is 9.97 Å². The Morgan fingerprint density at radius 3 is 2.59 bits per heavy atom. The van der Waals surface area contributed by atoms with Gasteiger partial charge < -0.3 is 10.2 Å². The molecule has 1 aliphatic heterocycles. The summed E-state index contributed by atoms with van der Waals surface area (Å²) < 4.78 is 39.6. The van der Waals surface area contributed by atoms with Gasteiger partial charge in [0.05, 0.1) is 11.3 Å². The Labute approximate surface area is 154 Å². The lowest BCUT2D eigenvalue weighted by atomic mass is 10.0. The van der Waals surface area contributed by atoms with Gasteiger partial charge in [0, 0.05) is 18.4 Å². The highest BCUT2D eigenvalue weighted by molar-refractivity contribution is 5.66. The molecular weight excluding hydrogens is 353 g/mol. The Hall–Kier alpha value is -3.09.